The molecule has 2 aliphatic rings. The van der Waals surface area contributed by atoms with Crippen LogP contribution in [0.3, 0.4) is 0 Å². The highest BCUT2D eigenvalue weighted by Crippen LogP contribution is 2.45. The molecule has 5 rings (SSSR count). The fourth-order valence-electron chi connectivity index (χ4n) is 4.95. The van der Waals surface area contributed by atoms with E-state index in [9.17, 15) is 5.11 Å². The molecule has 2 aliphatic heterocycles. The van der Waals surface area contributed by atoms with E-state index in [0.717, 1.165) is 16.9 Å². The van der Waals surface area contributed by atoms with Gasteiger partial charge in [0.2, 0.25) is 0 Å². The third kappa shape index (κ3) is 3.64. The summed E-state index contributed by atoms with van der Waals surface area (Å²) in [5.41, 5.74) is 6.72. The Hall–Kier alpha value is -3.38. The number of hydrogen-bond acceptors (Lipinski definition) is 4. The lowest BCUT2D eigenvalue weighted by atomic mass is 9.86. The molecule has 3 aromatic rings. The van der Waals surface area contributed by atoms with Gasteiger partial charge in [-0.05, 0) is 92.7 Å². The third-order valence-electron chi connectivity index (χ3n) is 6.81. The number of rotatable bonds is 3. The van der Waals surface area contributed by atoms with Gasteiger partial charge in [0.25, 0.3) is 0 Å². The molecule has 168 valence electrons. The molecule has 3 heterocycles. The monoisotopic (exact) mass is 456 g/mol. The van der Waals surface area contributed by atoms with E-state index in [1.54, 1.807) is 12.1 Å². The molecular weight excluding hydrogens is 428 g/mol. The molecule has 0 spiro atoms. The lowest BCUT2D eigenvalue weighted by molar-refractivity contribution is 0.475. The van der Waals surface area contributed by atoms with Crippen LogP contribution in [0.2, 0.25) is 0 Å². The summed E-state index contributed by atoms with van der Waals surface area (Å²) in [5.74, 6) is 0.231. The van der Waals surface area contributed by atoms with Gasteiger partial charge >= 0.3 is 0 Å². The first-order valence-corrected chi connectivity index (χ1v) is 11.5. The second-order valence-electron chi connectivity index (χ2n) is 9.33. The summed E-state index contributed by atoms with van der Waals surface area (Å²) >= 11 is 5.81. The summed E-state index contributed by atoms with van der Waals surface area (Å²) in [6.45, 7) is 6.65. The largest absolute Gasteiger partial charge is 0.508 e. The lowest BCUT2D eigenvalue weighted by Gasteiger charge is -2.41. The van der Waals surface area contributed by atoms with Crippen LogP contribution >= 0.6 is 12.2 Å². The Morgan fingerprint density at radius 3 is 2.52 bits per heavy atom. The summed E-state index contributed by atoms with van der Waals surface area (Å²) in [5, 5.41) is 14.0. The molecule has 0 saturated carbocycles. The zero-order valence-electron chi connectivity index (χ0n) is 19.3. The predicted octanol–water partition coefficient (Wildman–Crippen LogP) is 5.60. The minimum absolute atomic E-state index is 0.0380. The minimum atomic E-state index is -0.104. The second kappa shape index (κ2) is 7.89. The van der Waals surface area contributed by atoms with Crippen molar-refractivity contribution in [2.75, 3.05) is 16.8 Å². The van der Waals surface area contributed by atoms with Gasteiger partial charge in [-0.1, -0.05) is 18.2 Å². The Labute approximate surface area is 200 Å². The zero-order chi connectivity index (χ0) is 23.3. The van der Waals surface area contributed by atoms with Crippen molar-refractivity contribution < 1.29 is 5.11 Å². The van der Waals surface area contributed by atoms with Crippen molar-refractivity contribution >= 4 is 34.3 Å². The van der Waals surface area contributed by atoms with Crippen molar-refractivity contribution in [1.29, 1.82) is 0 Å². The molecule has 0 radical (unpaired) electrons. The highest BCUT2D eigenvalue weighted by molar-refractivity contribution is 7.80. The Bertz CT molecular complexity index is 1240. The number of fused-ring (bicyclic) bond motifs is 1. The molecule has 6 heteroatoms. The molecule has 2 N–H and O–H groups in total. The minimum Gasteiger partial charge on any atom is -0.508 e. The first-order valence-electron chi connectivity index (χ1n) is 11.1. The Morgan fingerprint density at radius 1 is 1.06 bits per heavy atom. The summed E-state index contributed by atoms with van der Waals surface area (Å²) in [6, 6.07) is 19.7. The number of hydrogen-bond donors (Lipinski definition) is 2. The van der Waals surface area contributed by atoms with E-state index in [4.69, 9.17) is 12.2 Å². The van der Waals surface area contributed by atoms with Crippen LogP contribution in [0.15, 0.2) is 72.9 Å². The molecule has 0 amide bonds. The van der Waals surface area contributed by atoms with Crippen molar-refractivity contribution in [3.05, 3.63) is 89.8 Å². The van der Waals surface area contributed by atoms with Gasteiger partial charge in [-0.3, -0.25) is 4.98 Å². The van der Waals surface area contributed by atoms with Gasteiger partial charge in [0.1, 0.15) is 5.75 Å². The molecule has 0 aliphatic carbocycles. The number of pyridine rings is 1. The van der Waals surface area contributed by atoms with E-state index in [0.29, 0.717) is 5.11 Å². The number of aromatic hydroxyl groups is 1. The van der Waals surface area contributed by atoms with E-state index in [2.05, 4.69) is 72.2 Å². The lowest BCUT2D eigenvalue weighted by Crippen LogP contribution is -2.42. The number of phenolic OH excluding ortho intramolecular Hbond substituents is 1. The van der Waals surface area contributed by atoms with Crippen molar-refractivity contribution in [2.45, 2.75) is 38.4 Å². The van der Waals surface area contributed by atoms with E-state index in [1.807, 2.05) is 36.5 Å². The molecule has 1 aromatic heterocycles. The zero-order valence-corrected chi connectivity index (χ0v) is 20.1. The molecule has 1 fully saturated rings. The fraction of sp³-hybridized carbons (Fsp3) is 0.259. The molecule has 0 bridgehead atoms. The van der Waals surface area contributed by atoms with E-state index in [1.165, 1.54) is 16.8 Å². The topological polar surface area (TPSA) is 51.6 Å². The van der Waals surface area contributed by atoms with Crippen LogP contribution < -0.4 is 15.1 Å². The number of benzene rings is 2. The molecule has 5 nitrogen and oxygen atoms in total. The highest BCUT2D eigenvalue weighted by atomic mass is 32.1. The predicted molar refractivity (Wildman–Crippen MR) is 139 cm³/mol. The summed E-state index contributed by atoms with van der Waals surface area (Å²) < 4.78 is 0. The SMILES string of the molecule is CC1=CC(C)(C)N(C)c2ccc(C3C(c4ccccn4)NC(=S)N3c3ccc(O)cc3)cc21. The van der Waals surface area contributed by atoms with Gasteiger partial charge in [-0.25, -0.2) is 0 Å². The van der Waals surface area contributed by atoms with Gasteiger partial charge in [0.15, 0.2) is 5.11 Å². The quantitative estimate of drug-likeness (QED) is 0.501. The number of phenols is 1. The van der Waals surface area contributed by atoms with Crippen molar-refractivity contribution in [2.24, 2.45) is 0 Å². The van der Waals surface area contributed by atoms with E-state index in [-0.39, 0.29) is 23.4 Å². The molecule has 2 atom stereocenters. The van der Waals surface area contributed by atoms with Crippen LogP contribution in [0.1, 0.15) is 49.7 Å². The van der Waals surface area contributed by atoms with Crippen LogP contribution in [0.25, 0.3) is 5.57 Å². The van der Waals surface area contributed by atoms with E-state index >= 15 is 0 Å². The van der Waals surface area contributed by atoms with Crippen LogP contribution in [0.5, 0.6) is 5.75 Å². The number of nitrogens with zero attached hydrogens (tertiary/aromatic N) is 3. The normalized spacial score (nSPS) is 21.5. The Kier molecular flexibility index (Phi) is 5.13. The van der Waals surface area contributed by atoms with Crippen molar-refractivity contribution in [3.63, 3.8) is 0 Å². The number of allylic oxidation sites excluding steroid dienone is 1. The average Bonchev–Trinajstić information content (AvgIpc) is 3.15. The van der Waals surface area contributed by atoms with Crippen LogP contribution in [-0.2, 0) is 0 Å². The highest BCUT2D eigenvalue weighted by Gasteiger charge is 2.41. The standard InChI is InChI=1S/C27H28N4OS/c1-17-16-27(2,3)30(4)23-13-8-18(15-21(17)23)25-24(22-7-5-6-14-28-22)29-26(33)31(25)19-9-11-20(32)12-10-19/h5-16,24-25,32H,1-4H3,(H,29,33). The number of thiocarbonyl (C=S) groups is 1. The smallest absolute Gasteiger partial charge is 0.174 e. The number of anilines is 2. The fourth-order valence-corrected chi connectivity index (χ4v) is 5.29. The molecule has 2 aromatic carbocycles. The molecule has 2 unspecified atom stereocenters. The van der Waals surface area contributed by atoms with Gasteiger partial charge in [0, 0.05) is 30.2 Å². The maximum Gasteiger partial charge on any atom is 0.174 e. The van der Waals surface area contributed by atoms with Crippen molar-refractivity contribution in [3.8, 4) is 5.75 Å². The van der Waals surface area contributed by atoms with Crippen LogP contribution in [-0.4, -0.2) is 27.8 Å². The maximum atomic E-state index is 9.82. The maximum absolute atomic E-state index is 9.82. The number of likely N-dealkylation sites (N-methyl/N-ethyl adjacent to an activating group) is 1. The summed E-state index contributed by atoms with van der Waals surface area (Å²) in [4.78, 5) is 9.09. The first-order chi connectivity index (χ1) is 15.8. The van der Waals surface area contributed by atoms with Gasteiger partial charge in [-0.15, -0.1) is 0 Å². The van der Waals surface area contributed by atoms with Gasteiger partial charge < -0.3 is 20.2 Å². The van der Waals surface area contributed by atoms with Crippen LogP contribution in [0, 0.1) is 0 Å². The first kappa shape index (κ1) is 21.5. The summed E-state index contributed by atoms with van der Waals surface area (Å²) in [6.07, 6.45) is 4.14. The molecule has 33 heavy (non-hydrogen) atoms. The average molecular weight is 457 g/mol. The van der Waals surface area contributed by atoms with Gasteiger partial charge in [-0.2, -0.15) is 0 Å². The van der Waals surface area contributed by atoms with Crippen molar-refractivity contribution in [1.82, 2.24) is 10.3 Å². The van der Waals surface area contributed by atoms with E-state index < -0.39 is 0 Å². The summed E-state index contributed by atoms with van der Waals surface area (Å²) in [7, 11) is 2.15. The molecular formula is C27H28N4OS. The number of aromatic nitrogens is 1. The third-order valence-corrected chi connectivity index (χ3v) is 7.12. The van der Waals surface area contributed by atoms with Gasteiger partial charge in [0.05, 0.1) is 23.3 Å². The van der Waals surface area contributed by atoms with Crippen LogP contribution in [0.4, 0.5) is 11.4 Å². The molecule has 1 saturated heterocycles. The second-order valence-corrected chi connectivity index (χ2v) is 9.72. The Morgan fingerprint density at radius 2 is 1.82 bits per heavy atom. The Balaban J connectivity index is 1.65. The number of nitrogens with one attached hydrogen (secondary N) is 1.